The summed E-state index contributed by atoms with van der Waals surface area (Å²) in [6.45, 7) is 19.1. The third-order valence-corrected chi connectivity index (χ3v) is 9.59. The first-order chi connectivity index (χ1) is 10.7. The van der Waals surface area contributed by atoms with Gasteiger partial charge in [-0.15, -0.1) is 0 Å². The molecule has 1 aliphatic rings. The molecule has 0 saturated carbocycles. The molecule has 0 unspecified atom stereocenters. The van der Waals surface area contributed by atoms with E-state index in [2.05, 4.69) is 33.9 Å². The highest BCUT2D eigenvalue weighted by atomic mass is 28.4. The maximum atomic E-state index is 12.5. The Morgan fingerprint density at radius 1 is 1.25 bits per heavy atom. The van der Waals surface area contributed by atoms with Crippen LogP contribution < -0.4 is 0 Å². The van der Waals surface area contributed by atoms with E-state index < -0.39 is 20.0 Å². The van der Waals surface area contributed by atoms with E-state index >= 15 is 0 Å². The van der Waals surface area contributed by atoms with E-state index in [0.29, 0.717) is 13.0 Å². The molecule has 24 heavy (non-hydrogen) atoms. The first-order valence-corrected chi connectivity index (χ1v) is 12.0. The Labute approximate surface area is 148 Å². The molecule has 6 heteroatoms. The molecule has 1 rings (SSSR count). The molecule has 0 aromatic carbocycles. The number of aliphatic hydroxyl groups is 1. The van der Waals surface area contributed by atoms with E-state index in [4.69, 9.17) is 9.16 Å². The Balaban J connectivity index is 2.98. The van der Waals surface area contributed by atoms with Gasteiger partial charge in [0.2, 0.25) is 0 Å². The van der Waals surface area contributed by atoms with Gasteiger partial charge in [-0.3, -0.25) is 4.90 Å². The summed E-state index contributed by atoms with van der Waals surface area (Å²) in [5.74, 6) is 0. The lowest BCUT2D eigenvalue weighted by Crippen LogP contribution is -2.53. The Bertz CT molecular complexity index is 439. The number of ether oxygens (including phenoxy) is 1. The topological polar surface area (TPSA) is 59.0 Å². The number of hydrogen-bond donors (Lipinski definition) is 1. The predicted molar refractivity (Wildman–Crippen MR) is 99.7 cm³/mol. The summed E-state index contributed by atoms with van der Waals surface area (Å²) in [6.07, 6.45) is 0.235. The van der Waals surface area contributed by atoms with Crippen LogP contribution in [0.4, 0.5) is 4.79 Å². The Hall–Kier alpha value is -0.593. The monoisotopic (exact) mass is 359 g/mol. The van der Waals surface area contributed by atoms with Gasteiger partial charge in [-0.1, -0.05) is 27.7 Å². The molecule has 0 radical (unpaired) electrons. The van der Waals surface area contributed by atoms with E-state index in [1.807, 2.05) is 27.7 Å². The van der Waals surface area contributed by atoms with Crippen LogP contribution in [0, 0.1) is 0 Å². The quantitative estimate of drug-likeness (QED) is 0.766. The molecule has 0 spiro atoms. The lowest BCUT2D eigenvalue weighted by atomic mass is 10.0. The van der Waals surface area contributed by atoms with Crippen molar-refractivity contribution in [2.45, 2.75) is 103 Å². The minimum Gasteiger partial charge on any atom is -0.444 e. The van der Waals surface area contributed by atoms with Crippen LogP contribution in [0.1, 0.15) is 61.3 Å². The van der Waals surface area contributed by atoms with Crippen molar-refractivity contribution in [2.24, 2.45) is 0 Å². The van der Waals surface area contributed by atoms with Gasteiger partial charge in [0.15, 0.2) is 8.32 Å². The first-order valence-electron chi connectivity index (χ1n) is 9.05. The Morgan fingerprint density at radius 3 is 2.21 bits per heavy atom. The third kappa shape index (κ3) is 5.20. The van der Waals surface area contributed by atoms with Crippen LogP contribution in [-0.4, -0.2) is 54.8 Å². The second kappa shape index (κ2) is 7.34. The number of hydrogen-bond acceptors (Lipinski definition) is 4. The number of amides is 1. The second-order valence-corrected chi connectivity index (χ2v) is 14.1. The van der Waals surface area contributed by atoms with Crippen LogP contribution in [0.25, 0.3) is 0 Å². The summed E-state index contributed by atoms with van der Waals surface area (Å²) in [4.78, 5) is 14.2. The smallest absolute Gasteiger partial charge is 0.410 e. The van der Waals surface area contributed by atoms with E-state index in [-0.39, 0.29) is 23.3 Å². The molecule has 1 saturated heterocycles. The SMILES string of the molecule is CC[C@@H](O)[C@@H]1[C@@H](O[Si](C)(C)C(C)(C)C)CCN1C(=O)OC(C)(C)C. The molecule has 1 amide bonds. The molecule has 1 N–H and O–H groups in total. The average Bonchev–Trinajstić information content (AvgIpc) is 2.77. The van der Waals surface area contributed by atoms with Crippen molar-refractivity contribution in [2.75, 3.05) is 6.54 Å². The van der Waals surface area contributed by atoms with Crippen molar-refractivity contribution in [1.29, 1.82) is 0 Å². The molecule has 0 aromatic rings. The van der Waals surface area contributed by atoms with Gasteiger partial charge in [0.05, 0.1) is 18.2 Å². The summed E-state index contributed by atoms with van der Waals surface area (Å²) in [6, 6.07) is -0.334. The zero-order valence-corrected chi connectivity index (χ0v) is 18.0. The van der Waals surface area contributed by atoms with Gasteiger partial charge < -0.3 is 14.3 Å². The van der Waals surface area contributed by atoms with Gasteiger partial charge in [0, 0.05) is 6.54 Å². The van der Waals surface area contributed by atoms with E-state index in [1.54, 1.807) is 4.90 Å². The number of carbonyl (C=O) groups is 1. The van der Waals surface area contributed by atoms with E-state index in [9.17, 15) is 9.90 Å². The van der Waals surface area contributed by atoms with Gasteiger partial charge in [0.1, 0.15) is 5.60 Å². The fourth-order valence-corrected chi connectivity index (χ4v) is 4.07. The molecule has 1 heterocycles. The molecule has 1 fully saturated rings. The molecule has 5 nitrogen and oxygen atoms in total. The molecule has 0 aromatic heterocycles. The summed E-state index contributed by atoms with van der Waals surface area (Å²) < 4.78 is 12.1. The fourth-order valence-electron chi connectivity index (χ4n) is 2.70. The number of rotatable bonds is 4. The highest BCUT2D eigenvalue weighted by molar-refractivity contribution is 6.74. The highest BCUT2D eigenvalue weighted by Crippen LogP contribution is 2.40. The average molecular weight is 360 g/mol. The lowest BCUT2D eigenvalue weighted by Gasteiger charge is -2.41. The van der Waals surface area contributed by atoms with Gasteiger partial charge in [-0.25, -0.2) is 4.79 Å². The van der Waals surface area contributed by atoms with E-state index in [1.165, 1.54) is 0 Å². The molecular formula is C18H37NO4Si. The Morgan fingerprint density at radius 2 is 1.79 bits per heavy atom. The largest absolute Gasteiger partial charge is 0.444 e. The van der Waals surface area contributed by atoms with Crippen molar-refractivity contribution in [3.05, 3.63) is 0 Å². The first kappa shape index (κ1) is 21.4. The van der Waals surface area contributed by atoms with Crippen LogP contribution >= 0.6 is 0 Å². The highest BCUT2D eigenvalue weighted by Gasteiger charge is 2.47. The molecule has 1 aliphatic heterocycles. The molecule has 0 bridgehead atoms. The summed E-state index contributed by atoms with van der Waals surface area (Å²) in [5, 5.41) is 10.6. The van der Waals surface area contributed by atoms with Gasteiger partial charge >= 0.3 is 6.09 Å². The second-order valence-electron chi connectivity index (χ2n) is 9.35. The summed E-state index contributed by atoms with van der Waals surface area (Å²) >= 11 is 0. The zero-order valence-electron chi connectivity index (χ0n) is 17.0. The Kier molecular flexibility index (Phi) is 6.56. The van der Waals surface area contributed by atoms with Gasteiger partial charge in [0.25, 0.3) is 0 Å². The van der Waals surface area contributed by atoms with Crippen LogP contribution in [0.3, 0.4) is 0 Å². The maximum absolute atomic E-state index is 12.5. The van der Waals surface area contributed by atoms with Crippen LogP contribution in [0.5, 0.6) is 0 Å². The molecular weight excluding hydrogens is 322 g/mol. The minimum atomic E-state index is -1.97. The van der Waals surface area contributed by atoms with Gasteiger partial charge in [-0.05, 0) is 51.7 Å². The number of nitrogens with zero attached hydrogens (tertiary/aromatic N) is 1. The summed E-state index contributed by atoms with van der Waals surface area (Å²) in [7, 11) is -1.97. The van der Waals surface area contributed by atoms with Crippen molar-refractivity contribution < 1.29 is 19.1 Å². The predicted octanol–water partition coefficient (Wildman–Crippen LogP) is 4.16. The molecule has 142 valence electrons. The van der Waals surface area contributed by atoms with Crippen LogP contribution in [-0.2, 0) is 9.16 Å². The van der Waals surface area contributed by atoms with Crippen molar-refractivity contribution >= 4 is 14.4 Å². The fraction of sp³-hybridized carbons (Fsp3) is 0.944. The van der Waals surface area contributed by atoms with Crippen molar-refractivity contribution in [3.8, 4) is 0 Å². The van der Waals surface area contributed by atoms with E-state index in [0.717, 1.165) is 6.42 Å². The normalized spacial score (nSPS) is 24.2. The molecule has 3 atom stereocenters. The summed E-state index contributed by atoms with van der Waals surface area (Å²) in [5.41, 5.74) is -0.544. The molecule has 0 aliphatic carbocycles. The standard InChI is InChI=1S/C18H37NO4Si/c1-10-13(20)15-14(23-24(8,9)18(5,6)7)11-12-19(15)16(21)22-17(2,3)4/h13-15,20H,10-12H2,1-9H3/t13-,14+,15-/m1/s1. The lowest BCUT2D eigenvalue weighted by molar-refractivity contribution is -0.0131. The maximum Gasteiger partial charge on any atom is 0.410 e. The van der Waals surface area contributed by atoms with Crippen molar-refractivity contribution in [1.82, 2.24) is 4.90 Å². The van der Waals surface area contributed by atoms with Crippen molar-refractivity contribution in [3.63, 3.8) is 0 Å². The number of likely N-dealkylation sites (tertiary alicyclic amines) is 1. The number of carbonyl (C=O) groups excluding carboxylic acids is 1. The number of aliphatic hydroxyl groups excluding tert-OH is 1. The third-order valence-electron chi connectivity index (χ3n) is 5.09. The van der Waals surface area contributed by atoms with Gasteiger partial charge in [-0.2, -0.15) is 0 Å². The zero-order chi connectivity index (χ0) is 18.9. The van der Waals surface area contributed by atoms with Crippen LogP contribution in [0.2, 0.25) is 18.1 Å². The van der Waals surface area contributed by atoms with Crippen LogP contribution in [0.15, 0.2) is 0 Å². The minimum absolute atomic E-state index is 0.0913.